The van der Waals surface area contributed by atoms with Crippen molar-refractivity contribution in [3.63, 3.8) is 0 Å². The van der Waals surface area contributed by atoms with E-state index in [1.807, 2.05) is 11.8 Å². The number of fused-ring (bicyclic) bond motifs is 4. The maximum absolute atomic E-state index is 7.11. The Bertz CT molecular complexity index is 3160. The number of aromatic nitrogens is 3. The zero-order chi connectivity index (χ0) is 34.9. The van der Waals surface area contributed by atoms with Crippen LogP contribution in [0.1, 0.15) is 11.1 Å². The molecule has 0 bridgehead atoms. The normalized spacial score (nSPS) is 17.9. The molecule has 6 aromatic carbocycles. The monoisotopic (exact) mass is 770 g/mol. The Kier molecular flexibility index (Phi) is 5.01. The second-order valence-corrected chi connectivity index (χ2v) is 23.8. The van der Waals surface area contributed by atoms with Crippen LogP contribution >= 0.6 is 11.8 Å². The Labute approximate surface area is 317 Å². The molecule has 1 spiro atoms. The fourth-order valence-electron chi connectivity index (χ4n) is 10.9. The summed E-state index contributed by atoms with van der Waals surface area (Å²) in [7, 11) is 0. The molecule has 1 atom stereocenters. The molecule has 0 N–H and O–H groups in total. The summed E-state index contributed by atoms with van der Waals surface area (Å²) < 4.78 is 20.7. The minimum atomic E-state index is -3.71. The molecule has 250 valence electrons. The van der Waals surface area contributed by atoms with Crippen molar-refractivity contribution < 1.29 is 13.9 Å². The van der Waals surface area contributed by atoms with Crippen molar-refractivity contribution in [2.75, 3.05) is 4.90 Å². The van der Waals surface area contributed by atoms with E-state index < -0.39 is 18.9 Å². The van der Waals surface area contributed by atoms with Crippen LogP contribution in [0.15, 0.2) is 180 Å². The van der Waals surface area contributed by atoms with E-state index in [4.69, 9.17) is 4.74 Å². The Hall–Kier alpha value is -6.09. The molecule has 5 aliphatic heterocycles. The molecule has 1 unspecified atom stereocenters. The maximum atomic E-state index is 7.11. The second kappa shape index (κ2) is 9.52. The molecule has 0 fully saturated rings. The number of ether oxygens (including phenoxy) is 1. The van der Waals surface area contributed by atoms with Gasteiger partial charge in [-0.25, -0.2) is 0 Å². The third-order valence-electron chi connectivity index (χ3n) is 12.6. The molecule has 0 saturated carbocycles. The van der Waals surface area contributed by atoms with Gasteiger partial charge in [0.15, 0.2) is 0 Å². The van der Waals surface area contributed by atoms with Crippen LogP contribution in [-0.4, -0.2) is 17.8 Å². The van der Waals surface area contributed by atoms with E-state index in [9.17, 15) is 0 Å². The van der Waals surface area contributed by atoms with Crippen LogP contribution in [0.4, 0.5) is 17.2 Å². The fourth-order valence-corrected chi connectivity index (χ4v) is 22.7. The predicted octanol–water partition coefficient (Wildman–Crippen LogP) is 7.01. The van der Waals surface area contributed by atoms with Gasteiger partial charge in [-0.05, 0) is 0 Å². The van der Waals surface area contributed by atoms with Crippen LogP contribution in [0.2, 0.25) is 0 Å². The topological polar surface area (TPSA) is 25.2 Å². The van der Waals surface area contributed by atoms with E-state index in [1.165, 1.54) is 77.6 Å². The average Bonchev–Trinajstić information content (AvgIpc) is 3.58. The van der Waals surface area contributed by atoms with Crippen molar-refractivity contribution in [3.05, 3.63) is 181 Å². The zero-order valence-electron chi connectivity index (χ0n) is 28.8. The number of pyridine rings is 2. The average molecular weight is 769 g/mol. The van der Waals surface area contributed by atoms with Gasteiger partial charge >= 0.3 is 319 Å². The van der Waals surface area contributed by atoms with Gasteiger partial charge in [-0.15, -0.1) is 0 Å². The van der Waals surface area contributed by atoms with Crippen LogP contribution in [-0.2, 0) is 5.66 Å². The van der Waals surface area contributed by atoms with Crippen molar-refractivity contribution in [3.8, 4) is 17.3 Å². The number of nitrogens with zero attached hydrogens (tertiary/aromatic N) is 4. The summed E-state index contributed by atoms with van der Waals surface area (Å²) in [6.07, 6.45) is 4.67. The first kappa shape index (κ1) is 28.4. The first-order valence-electron chi connectivity index (χ1n) is 18.5. The van der Waals surface area contributed by atoms with Crippen LogP contribution in [0.25, 0.3) is 27.6 Å². The van der Waals surface area contributed by atoms with Gasteiger partial charge in [0.25, 0.3) is 0 Å². The van der Waals surface area contributed by atoms with Crippen molar-refractivity contribution in [1.82, 2.24) is 4.57 Å². The molecular formula is C47H28GeN4OS+2. The van der Waals surface area contributed by atoms with Gasteiger partial charge in [-0.1, -0.05) is 0 Å². The molecule has 9 aromatic rings. The quantitative estimate of drug-likeness (QED) is 0.140. The third-order valence-corrected chi connectivity index (χ3v) is 23.8. The van der Waals surface area contributed by atoms with Gasteiger partial charge in [0.05, 0.1) is 0 Å². The zero-order valence-corrected chi connectivity index (χ0v) is 31.7. The number of benzene rings is 6. The van der Waals surface area contributed by atoms with E-state index >= 15 is 0 Å². The Balaban J connectivity index is 1.26. The third kappa shape index (κ3) is 2.93. The first-order chi connectivity index (χ1) is 26.8. The van der Waals surface area contributed by atoms with Crippen molar-refractivity contribution in [2.45, 2.75) is 15.5 Å². The molecule has 5 nitrogen and oxygen atoms in total. The summed E-state index contributed by atoms with van der Waals surface area (Å²) in [5.74, 6) is 4.24. The minimum absolute atomic E-state index is 0.776. The predicted molar refractivity (Wildman–Crippen MR) is 215 cm³/mol. The number of hydrogen-bond acceptors (Lipinski definition) is 3. The summed E-state index contributed by atoms with van der Waals surface area (Å²) in [5.41, 5.74) is 6.50. The van der Waals surface area contributed by atoms with Gasteiger partial charge < -0.3 is 0 Å². The summed E-state index contributed by atoms with van der Waals surface area (Å²) in [5, 5.41) is 2.56. The standard InChI is InChI=1S/C47H28GeN4OS/c1-3-13-29(14-4-1)48(30-15-5-2-6-16-30)33-18-9-17-31-32-25-26-38-42-44(32)52(43(31)33)45-34(48)19-11-27-49(45)47(42)41-36(21-10-22-37(41)53-38)51-35-20-7-8-23-39(35)54-40-24-12-28-50(47)46(40)51/h1-28H/q+2. The van der Waals surface area contributed by atoms with E-state index in [0.29, 0.717) is 0 Å². The molecule has 7 heteroatoms. The van der Waals surface area contributed by atoms with Gasteiger partial charge in [0.1, 0.15) is 0 Å². The fraction of sp³-hybridized carbons (Fsp3) is 0.0213. The van der Waals surface area contributed by atoms with E-state index in [-0.39, 0.29) is 0 Å². The Morgan fingerprint density at radius 3 is 1.98 bits per heavy atom. The molecule has 3 aromatic heterocycles. The first-order valence-corrected chi connectivity index (χ1v) is 23.5. The summed E-state index contributed by atoms with van der Waals surface area (Å²) in [6, 6.07) is 59.3. The van der Waals surface area contributed by atoms with Gasteiger partial charge in [0, 0.05) is 0 Å². The van der Waals surface area contributed by atoms with Crippen LogP contribution in [0, 0.1) is 0 Å². The molecule has 8 heterocycles. The van der Waals surface area contributed by atoms with E-state index in [2.05, 4.69) is 189 Å². The molecular weight excluding hydrogens is 741 g/mol. The van der Waals surface area contributed by atoms with Crippen LogP contribution < -0.4 is 36.4 Å². The summed E-state index contributed by atoms with van der Waals surface area (Å²) >= 11 is -1.84. The molecule has 0 amide bonds. The van der Waals surface area contributed by atoms with E-state index in [1.54, 1.807) is 0 Å². The Morgan fingerprint density at radius 1 is 0.500 bits per heavy atom. The van der Waals surface area contributed by atoms with Crippen LogP contribution in [0.5, 0.6) is 11.5 Å². The number of anilines is 3. The molecule has 5 aliphatic rings. The summed E-state index contributed by atoms with van der Waals surface area (Å²) in [4.78, 5) is 4.97. The Morgan fingerprint density at radius 2 is 1.15 bits per heavy atom. The molecule has 0 saturated heterocycles. The van der Waals surface area contributed by atoms with Crippen LogP contribution in [0.3, 0.4) is 0 Å². The van der Waals surface area contributed by atoms with Crippen molar-refractivity contribution in [1.29, 1.82) is 0 Å². The SMILES string of the molecule is c1cc[c]([Ge]2([c]3ccccc3)[c]3ccc[n+]4c3-n3c5[c]2cccc5c2ccc5c(c23)C42c3c(cccc3N3c4ccccc4Sc4ccc[n+]2c43)O5)cc1. The summed E-state index contributed by atoms with van der Waals surface area (Å²) in [6.45, 7) is 0. The van der Waals surface area contributed by atoms with Gasteiger partial charge in [-0.3, -0.25) is 0 Å². The number of hydrogen-bond donors (Lipinski definition) is 0. The molecule has 0 radical (unpaired) electrons. The van der Waals surface area contributed by atoms with Crippen molar-refractivity contribution in [2.24, 2.45) is 0 Å². The molecule has 54 heavy (non-hydrogen) atoms. The van der Waals surface area contributed by atoms with E-state index in [0.717, 1.165) is 17.2 Å². The second-order valence-electron chi connectivity index (χ2n) is 14.9. The number of para-hydroxylation sites is 2. The van der Waals surface area contributed by atoms with Gasteiger partial charge in [0.2, 0.25) is 0 Å². The molecule has 0 aliphatic carbocycles. The molecule has 14 rings (SSSR count). The van der Waals surface area contributed by atoms with Gasteiger partial charge in [-0.2, -0.15) is 0 Å². The van der Waals surface area contributed by atoms with Crippen molar-refractivity contribution >= 4 is 81.6 Å². The number of rotatable bonds is 2.